The van der Waals surface area contributed by atoms with E-state index >= 15 is 0 Å². The summed E-state index contributed by atoms with van der Waals surface area (Å²) >= 11 is 0. The van der Waals surface area contributed by atoms with Crippen LogP contribution in [0, 0.1) is 6.92 Å². The predicted octanol–water partition coefficient (Wildman–Crippen LogP) is 4.81. The molecule has 0 spiro atoms. The molecule has 0 radical (unpaired) electrons. The summed E-state index contributed by atoms with van der Waals surface area (Å²) in [5.74, 6) is 0.706. The van der Waals surface area contributed by atoms with Crippen LogP contribution >= 0.6 is 0 Å². The molecule has 3 aromatic rings. The summed E-state index contributed by atoms with van der Waals surface area (Å²) in [5, 5.41) is 4.12. The van der Waals surface area contributed by atoms with Crippen molar-refractivity contribution in [3.63, 3.8) is 0 Å². The average molecular weight is 437 g/mol. The fourth-order valence-electron chi connectivity index (χ4n) is 3.17. The van der Waals surface area contributed by atoms with Crippen molar-refractivity contribution in [1.29, 1.82) is 0 Å². The van der Waals surface area contributed by atoms with Crippen LogP contribution in [0.3, 0.4) is 0 Å². The summed E-state index contributed by atoms with van der Waals surface area (Å²) in [4.78, 5) is 29.3. The average Bonchev–Trinajstić information content (AvgIpc) is 2.73. The maximum Gasteiger partial charge on any atom is 0.325 e. The highest BCUT2D eigenvalue weighted by Gasteiger charge is 2.22. The second-order valence-electron chi connectivity index (χ2n) is 8.20. The molecule has 0 unspecified atom stereocenters. The van der Waals surface area contributed by atoms with Crippen molar-refractivity contribution in [3.8, 4) is 17.2 Å². The number of aromatic nitrogens is 1. The molecule has 3 rings (SSSR count). The Hall–Kier alpha value is -3.61. The minimum Gasteiger partial charge on any atom is -0.491 e. The molecule has 0 aliphatic rings. The number of amides is 1. The Morgan fingerprint density at radius 3 is 2.38 bits per heavy atom. The maximum atomic E-state index is 12.8. The molecule has 0 atom stereocenters. The predicted molar refractivity (Wildman–Crippen MR) is 122 cm³/mol. The van der Waals surface area contributed by atoms with Crippen LogP contribution in [0.15, 0.2) is 48.5 Å². The SMILES string of the molecule is CCOc1c(C(=O)NCC(=O)OC(C)(C)C)nc(C)c2cc(Oc3ccccc3)ccc12. The quantitative estimate of drug-likeness (QED) is 0.535. The zero-order valence-electron chi connectivity index (χ0n) is 19.0. The monoisotopic (exact) mass is 436 g/mol. The minimum atomic E-state index is -0.629. The lowest BCUT2D eigenvalue weighted by Crippen LogP contribution is -2.35. The van der Waals surface area contributed by atoms with Gasteiger partial charge in [-0.3, -0.25) is 9.59 Å². The summed E-state index contributed by atoms with van der Waals surface area (Å²) in [6, 6.07) is 15.0. The molecule has 1 heterocycles. The first-order valence-electron chi connectivity index (χ1n) is 10.5. The zero-order chi connectivity index (χ0) is 23.3. The molecule has 1 N–H and O–H groups in total. The summed E-state index contributed by atoms with van der Waals surface area (Å²) in [6.45, 7) is 9.05. The third kappa shape index (κ3) is 5.75. The van der Waals surface area contributed by atoms with Gasteiger partial charge in [-0.25, -0.2) is 4.98 Å². The number of nitrogens with one attached hydrogen (secondary N) is 1. The van der Waals surface area contributed by atoms with Gasteiger partial charge >= 0.3 is 5.97 Å². The smallest absolute Gasteiger partial charge is 0.325 e. The normalized spacial score (nSPS) is 11.2. The van der Waals surface area contributed by atoms with E-state index in [2.05, 4.69) is 10.3 Å². The van der Waals surface area contributed by atoms with E-state index in [0.29, 0.717) is 23.8 Å². The van der Waals surface area contributed by atoms with Crippen molar-refractivity contribution in [2.75, 3.05) is 13.2 Å². The standard InChI is InChI=1S/C25H28N2O5/c1-6-30-23-19-13-12-18(31-17-10-8-7-9-11-17)14-20(19)16(2)27-22(23)24(29)26-15-21(28)32-25(3,4)5/h7-14H,6,15H2,1-5H3,(H,26,29). The van der Waals surface area contributed by atoms with Gasteiger partial charge in [-0.05, 0) is 65.0 Å². The Labute approximate surface area is 187 Å². The lowest BCUT2D eigenvalue weighted by molar-refractivity contribution is -0.153. The lowest BCUT2D eigenvalue weighted by atomic mass is 10.1. The molecule has 32 heavy (non-hydrogen) atoms. The molecular weight excluding hydrogens is 408 g/mol. The van der Waals surface area contributed by atoms with Crippen molar-refractivity contribution in [1.82, 2.24) is 10.3 Å². The minimum absolute atomic E-state index is 0.122. The first-order chi connectivity index (χ1) is 15.2. The lowest BCUT2D eigenvalue weighted by Gasteiger charge is -2.20. The number of nitrogens with zero attached hydrogens (tertiary/aromatic N) is 1. The molecule has 0 saturated heterocycles. The zero-order valence-corrected chi connectivity index (χ0v) is 19.0. The Bertz CT molecular complexity index is 1120. The Morgan fingerprint density at radius 1 is 1.00 bits per heavy atom. The number of pyridine rings is 1. The highest BCUT2D eigenvalue weighted by Crippen LogP contribution is 2.34. The molecule has 0 fully saturated rings. The van der Waals surface area contributed by atoms with Crippen LogP contribution in [0.1, 0.15) is 43.9 Å². The third-order valence-electron chi connectivity index (χ3n) is 4.42. The fourth-order valence-corrected chi connectivity index (χ4v) is 3.17. The number of carbonyl (C=O) groups is 2. The van der Waals surface area contributed by atoms with Crippen LogP contribution in [0.5, 0.6) is 17.2 Å². The molecule has 1 aromatic heterocycles. The van der Waals surface area contributed by atoms with Crippen molar-refractivity contribution >= 4 is 22.6 Å². The number of benzene rings is 2. The van der Waals surface area contributed by atoms with Crippen molar-refractivity contribution in [3.05, 3.63) is 59.9 Å². The molecule has 1 amide bonds. The van der Waals surface area contributed by atoms with E-state index in [9.17, 15) is 9.59 Å². The van der Waals surface area contributed by atoms with Crippen LogP contribution in [0.4, 0.5) is 0 Å². The summed E-state index contributed by atoms with van der Waals surface area (Å²) in [6.07, 6.45) is 0. The number of hydrogen-bond donors (Lipinski definition) is 1. The van der Waals surface area contributed by atoms with Gasteiger partial charge in [0.05, 0.1) is 6.61 Å². The number of esters is 1. The van der Waals surface area contributed by atoms with Gasteiger partial charge in [-0.1, -0.05) is 18.2 Å². The second-order valence-corrected chi connectivity index (χ2v) is 8.20. The molecule has 0 saturated carbocycles. The van der Waals surface area contributed by atoms with E-state index in [1.807, 2.05) is 62.4 Å². The molecule has 7 nitrogen and oxygen atoms in total. The molecule has 168 valence electrons. The highest BCUT2D eigenvalue weighted by molar-refractivity contribution is 6.03. The first kappa shape index (κ1) is 23.1. The van der Waals surface area contributed by atoms with E-state index in [0.717, 1.165) is 16.5 Å². The number of fused-ring (bicyclic) bond motifs is 1. The van der Waals surface area contributed by atoms with Crippen LogP contribution in [0.2, 0.25) is 0 Å². The summed E-state index contributed by atoms with van der Waals surface area (Å²) in [5.41, 5.74) is 0.136. The van der Waals surface area contributed by atoms with Crippen LogP contribution in [0.25, 0.3) is 10.8 Å². The van der Waals surface area contributed by atoms with Crippen LogP contribution in [-0.2, 0) is 9.53 Å². The number of aryl methyl sites for hydroxylation is 1. The molecule has 2 aromatic carbocycles. The van der Waals surface area contributed by atoms with Gasteiger partial charge in [0.1, 0.15) is 23.6 Å². The van der Waals surface area contributed by atoms with Gasteiger partial charge < -0.3 is 19.5 Å². The van der Waals surface area contributed by atoms with Crippen molar-refractivity contribution in [2.24, 2.45) is 0 Å². The maximum absolute atomic E-state index is 12.8. The van der Waals surface area contributed by atoms with Gasteiger partial charge in [0.2, 0.25) is 0 Å². The number of rotatable bonds is 7. The largest absolute Gasteiger partial charge is 0.491 e. The Kier molecular flexibility index (Phi) is 6.98. The molecule has 0 aliphatic heterocycles. The van der Waals surface area contributed by atoms with Gasteiger partial charge in [0.25, 0.3) is 5.91 Å². The number of hydrogen-bond acceptors (Lipinski definition) is 6. The molecular formula is C25H28N2O5. The first-order valence-corrected chi connectivity index (χ1v) is 10.5. The highest BCUT2D eigenvalue weighted by atomic mass is 16.6. The Morgan fingerprint density at radius 2 is 1.72 bits per heavy atom. The number of para-hydroxylation sites is 1. The van der Waals surface area contributed by atoms with Gasteiger partial charge in [-0.15, -0.1) is 0 Å². The topological polar surface area (TPSA) is 86.8 Å². The van der Waals surface area contributed by atoms with Crippen molar-refractivity contribution in [2.45, 2.75) is 40.2 Å². The fraction of sp³-hybridized carbons (Fsp3) is 0.320. The third-order valence-corrected chi connectivity index (χ3v) is 4.42. The number of carbonyl (C=O) groups excluding carboxylic acids is 2. The molecule has 7 heteroatoms. The Balaban J connectivity index is 1.90. The molecule has 0 bridgehead atoms. The number of ether oxygens (including phenoxy) is 3. The van der Waals surface area contributed by atoms with E-state index in [1.54, 1.807) is 20.8 Å². The van der Waals surface area contributed by atoms with Crippen molar-refractivity contribution < 1.29 is 23.8 Å². The van der Waals surface area contributed by atoms with Gasteiger partial charge in [0, 0.05) is 16.5 Å². The van der Waals surface area contributed by atoms with E-state index in [4.69, 9.17) is 14.2 Å². The second kappa shape index (κ2) is 9.68. The van der Waals surface area contributed by atoms with Gasteiger partial charge in [-0.2, -0.15) is 0 Å². The van der Waals surface area contributed by atoms with E-state index in [1.165, 1.54) is 0 Å². The van der Waals surface area contributed by atoms with Crippen LogP contribution < -0.4 is 14.8 Å². The van der Waals surface area contributed by atoms with E-state index in [-0.39, 0.29) is 12.2 Å². The molecule has 0 aliphatic carbocycles. The van der Waals surface area contributed by atoms with Crippen LogP contribution in [-0.4, -0.2) is 35.6 Å². The van der Waals surface area contributed by atoms with Gasteiger partial charge in [0.15, 0.2) is 11.4 Å². The van der Waals surface area contributed by atoms with E-state index < -0.39 is 17.5 Å². The summed E-state index contributed by atoms with van der Waals surface area (Å²) in [7, 11) is 0. The summed E-state index contributed by atoms with van der Waals surface area (Å²) < 4.78 is 17.0.